The maximum Gasteiger partial charge on any atom is 0.335 e. The molecule has 1 amide bonds. The quantitative estimate of drug-likeness (QED) is 0.572. The zero-order valence-electron chi connectivity index (χ0n) is 14.9. The maximum absolute atomic E-state index is 12.7. The molecule has 11 heteroatoms. The Bertz CT molecular complexity index is 957. The summed E-state index contributed by atoms with van der Waals surface area (Å²) in [5, 5.41) is 30.9. The van der Waals surface area contributed by atoms with Gasteiger partial charge in [0.15, 0.2) is 0 Å². The molecular formula is C18H15N3O8. The SMILES string of the molecule is O=C(O)c1ccc(OC2CCN(C(=O)c3cc([N+](=O)[O-])cc([N+](=O)[O-])c3)C2)cc1. The fourth-order valence-corrected chi connectivity index (χ4v) is 2.99. The molecule has 11 nitrogen and oxygen atoms in total. The molecule has 2 aromatic rings. The molecule has 0 saturated carbocycles. The average molecular weight is 401 g/mol. The van der Waals surface area contributed by atoms with E-state index in [-0.39, 0.29) is 23.8 Å². The third kappa shape index (κ3) is 4.46. The fourth-order valence-electron chi connectivity index (χ4n) is 2.99. The lowest BCUT2D eigenvalue weighted by Gasteiger charge is -2.17. The number of nitro benzene ring substituents is 2. The number of non-ortho nitro benzene ring substituents is 2. The van der Waals surface area contributed by atoms with Gasteiger partial charge in [0.2, 0.25) is 0 Å². The lowest BCUT2D eigenvalue weighted by Crippen LogP contribution is -2.31. The molecule has 1 saturated heterocycles. The molecule has 1 aliphatic heterocycles. The molecule has 1 atom stereocenters. The highest BCUT2D eigenvalue weighted by atomic mass is 16.6. The largest absolute Gasteiger partial charge is 0.489 e. The molecule has 150 valence electrons. The number of hydrogen-bond donors (Lipinski definition) is 1. The second-order valence-electron chi connectivity index (χ2n) is 6.36. The molecular weight excluding hydrogens is 386 g/mol. The van der Waals surface area contributed by atoms with Gasteiger partial charge in [0.25, 0.3) is 17.3 Å². The smallest absolute Gasteiger partial charge is 0.335 e. The van der Waals surface area contributed by atoms with Crippen LogP contribution >= 0.6 is 0 Å². The number of carbonyl (C=O) groups is 2. The first-order chi connectivity index (χ1) is 13.7. The lowest BCUT2D eigenvalue weighted by molar-refractivity contribution is -0.394. The van der Waals surface area contributed by atoms with Crippen molar-refractivity contribution in [1.82, 2.24) is 4.90 Å². The van der Waals surface area contributed by atoms with E-state index in [1.807, 2.05) is 0 Å². The van der Waals surface area contributed by atoms with E-state index in [1.165, 1.54) is 29.2 Å². The molecule has 0 aromatic heterocycles. The third-order valence-electron chi connectivity index (χ3n) is 4.41. The van der Waals surface area contributed by atoms with Gasteiger partial charge in [-0.2, -0.15) is 0 Å². The van der Waals surface area contributed by atoms with E-state index in [2.05, 4.69) is 0 Å². The number of benzene rings is 2. The Balaban J connectivity index is 1.71. The van der Waals surface area contributed by atoms with Gasteiger partial charge in [-0.15, -0.1) is 0 Å². The van der Waals surface area contributed by atoms with Crippen LogP contribution in [0, 0.1) is 20.2 Å². The summed E-state index contributed by atoms with van der Waals surface area (Å²) in [6, 6.07) is 8.64. The first-order valence-electron chi connectivity index (χ1n) is 8.48. The minimum atomic E-state index is -1.06. The zero-order valence-corrected chi connectivity index (χ0v) is 14.9. The van der Waals surface area contributed by atoms with Crippen molar-refractivity contribution < 1.29 is 29.3 Å². The molecule has 1 unspecified atom stereocenters. The van der Waals surface area contributed by atoms with Crippen LogP contribution in [0.3, 0.4) is 0 Å². The third-order valence-corrected chi connectivity index (χ3v) is 4.41. The Hall–Kier alpha value is -4.02. The Morgan fingerprint density at radius 1 is 1.00 bits per heavy atom. The molecule has 0 aliphatic carbocycles. The Labute approximate surface area is 163 Å². The Kier molecular flexibility index (Phi) is 5.39. The molecule has 2 aromatic carbocycles. The monoisotopic (exact) mass is 401 g/mol. The zero-order chi connectivity index (χ0) is 21.1. The second-order valence-corrected chi connectivity index (χ2v) is 6.36. The van der Waals surface area contributed by atoms with Crippen molar-refractivity contribution in [2.24, 2.45) is 0 Å². The van der Waals surface area contributed by atoms with Crippen molar-refractivity contribution in [2.45, 2.75) is 12.5 Å². The van der Waals surface area contributed by atoms with Crippen LogP contribution in [-0.2, 0) is 0 Å². The molecule has 29 heavy (non-hydrogen) atoms. The van der Waals surface area contributed by atoms with Crippen molar-refractivity contribution >= 4 is 23.3 Å². The Morgan fingerprint density at radius 3 is 2.10 bits per heavy atom. The predicted octanol–water partition coefficient (Wildman–Crippen LogP) is 2.49. The summed E-state index contributed by atoms with van der Waals surface area (Å²) in [6.07, 6.45) is 0.131. The number of carboxylic acid groups (broad SMARTS) is 1. The van der Waals surface area contributed by atoms with Crippen molar-refractivity contribution in [3.8, 4) is 5.75 Å². The van der Waals surface area contributed by atoms with E-state index in [0.717, 1.165) is 18.2 Å². The first-order valence-corrected chi connectivity index (χ1v) is 8.48. The van der Waals surface area contributed by atoms with Gasteiger partial charge in [0.1, 0.15) is 11.9 Å². The highest BCUT2D eigenvalue weighted by Crippen LogP contribution is 2.26. The summed E-state index contributed by atoms with van der Waals surface area (Å²) in [6.45, 7) is 0.503. The van der Waals surface area contributed by atoms with Crippen LogP contribution < -0.4 is 4.74 Å². The van der Waals surface area contributed by atoms with Crippen LogP contribution in [0.15, 0.2) is 42.5 Å². The number of amides is 1. The van der Waals surface area contributed by atoms with Crippen LogP contribution in [0.25, 0.3) is 0 Å². The molecule has 3 rings (SSSR count). The van der Waals surface area contributed by atoms with Crippen LogP contribution in [0.1, 0.15) is 27.1 Å². The minimum absolute atomic E-state index is 0.118. The summed E-state index contributed by atoms with van der Waals surface area (Å²) >= 11 is 0. The van der Waals surface area contributed by atoms with Crippen LogP contribution in [0.5, 0.6) is 5.75 Å². The van der Waals surface area contributed by atoms with Gasteiger partial charge in [-0.1, -0.05) is 0 Å². The highest BCUT2D eigenvalue weighted by Gasteiger charge is 2.30. The predicted molar refractivity (Wildman–Crippen MR) is 98.1 cm³/mol. The van der Waals surface area contributed by atoms with Crippen molar-refractivity contribution in [2.75, 3.05) is 13.1 Å². The Morgan fingerprint density at radius 2 is 1.59 bits per heavy atom. The van der Waals surface area contributed by atoms with E-state index in [4.69, 9.17) is 9.84 Å². The molecule has 1 aliphatic rings. The van der Waals surface area contributed by atoms with Crippen LogP contribution in [0.4, 0.5) is 11.4 Å². The van der Waals surface area contributed by atoms with Crippen LogP contribution in [0.2, 0.25) is 0 Å². The van der Waals surface area contributed by atoms with E-state index >= 15 is 0 Å². The van der Waals surface area contributed by atoms with E-state index in [9.17, 15) is 29.8 Å². The van der Waals surface area contributed by atoms with Crippen molar-refractivity contribution in [3.63, 3.8) is 0 Å². The average Bonchev–Trinajstić information content (AvgIpc) is 3.15. The number of carbonyl (C=O) groups excluding carboxylic acids is 1. The second kappa shape index (κ2) is 7.92. The van der Waals surface area contributed by atoms with Crippen molar-refractivity contribution in [1.29, 1.82) is 0 Å². The molecule has 0 bridgehead atoms. The number of ether oxygens (including phenoxy) is 1. The van der Waals surface area contributed by atoms with Gasteiger partial charge in [-0.25, -0.2) is 4.79 Å². The van der Waals surface area contributed by atoms with Gasteiger partial charge >= 0.3 is 5.97 Å². The van der Waals surface area contributed by atoms with Gasteiger partial charge in [-0.05, 0) is 24.3 Å². The number of carboxylic acids is 1. The number of hydrogen-bond acceptors (Lipinski definition) is 7. The number of nitro groups is 2. The highest BCUT2D eigenvalue weighted by molar-refractivity contribution is 5.95. The maximum atomic E-state index is 12.7. The number of nitrogens with zero attached hydrogens (tertiary/aromatic N) is 3. The topological polar surface area (TPSA) is 153 Å². The minimum Gasteiger partial charge on any atom is -0.489 e. The lowest BCUT2D eigenvalue weighted by atomic mass is 10.1. The van der Waals surface area contributed by atoms with Gasteiger partial charge in [-0.3, -0.25) is 25.0 Å². The van der Waals surface area contributed by atoms with Gasteiger partial charge < -0.3 is 14.7 Å². The van der Waals surface area contributed by atoms with E-state index in [0.29, 0.717) is 18.7 Å². The van der Waals surface area contributed by atoms with Gasteiger partial charge in [0.05, 0.1) is 33.6 Å². The summed E-state index contributed by atoms with van der Waals surface area (Å²) in [7, 11) is 0. The normalized spacial score (nSPS) is 15.7. The standard InChI is InChI=1S/C18H15N3O8/c22-17(12-7-13(20(25)26)9-14(8-12)21(27)28)19-6-5-16(10-19)29-15-3-1-11(2-4-15)18(23)24/h1-4,7-9,16H,5-6,10H2,(H,23,24). The molecule has 1 fully saturated rings. The fraction of sp³-hybridized carbons (Fsp3) is 0.222. The summed E-state index contributed by atoms with van der Waals surface area (Å²) in [4.78, 5) is 45.4. The molecule has 0 spiro atoms. The van der Waals surface area contributed by atoms with E-state index < -0.39 is 33.1 Å². The molecule has 1 N–H and O–H groups in total. The summed E-state index contributed by atoms with van der Waals surface area (Å²) in [5.74, 6) is -1.18. The number of aromatic carboxylic acids is 1. The summed E-state index contributed by atoms with van der Waals surface area (Å²) < 4.78 is 5.75. The van der Waals surface area contributed by atoms with Crippen molar-refractivity contribution in [3.05, 3.63) is 73.8 Å². The molecule has 0 radical (unpaired) electrons. The number of rotatable bonds is 6. The number of likely N-dealkylation sites (tertiary alicyclic amines) is 1. The van der Waals surface area contributed by atoms with Gasteiger partial charge in [0, 0.05) is 25.1 Å². The van der Waals surface area contributed by atoms with E-state index in [1.54, 1.807) is 0 Å². The molecule has 1 heterocycles. The van der Waals surface area contributed by atoms with Crippen LogP contribution in [-0.4, -0.2) is 50.9 Å². The first kappa shape index (κ1) is 19.7. The summed E-state index contributed by atoms with van der Waals surface area (Å²) in [5.41, 5.74) is -1.09.